The van der Waals surface area contributed by atoms with Crippen LogP contribution >= 0.6 is 0 Å². The molecule has 2 heteroatoms. The Kier molecular flexibility index (Phi) is 9.38. The summed E-state index contributed by atoms with van der Waals surface area (Å²) in [6.07, 6.45) is 13.2. The van der Waals surface area contributed by atoms with E-state index in [0.717, 1.165) is 6.42 Å². The van der Waals surface area contributed by atoms with E-state index in [1.165, 1.54) is 12.8 Å². The molecule has 2 nitrogen and oxygen atoms in total. The minimum atomic E-state index is -0.248. The van der Waals surface area contributed by atoms with Crippen LogP contribution in [0.5, 0.6) is 0 Å². The summed E-state index contributed by atoms with van der Waals surface area (Å²) >= 11 is 0. The molecule has 0 rings (SSSR count). The Morgan fingerprint density at radius 3 is 2.56 bits per heavy atom. The number of ether oxygens (including phenoxy) is 1. The molecule has 0 N–H and O–H groups in total. The first-order chi connectivity index (χ1) is 7.72. The molecule has 0 fully saturated rings. The van der Waals surface area contributed by atoms with E-state index in [4.69, 9.17) is 4.74 Å². The van der Waals surface area contributed by atoms with Crippen LogP contribution in [0.3, 0.4) is 0 Å². The molecule has 0 heterocycles. The number of rotatable bonds is 7. The van der Waals surface area contributed by atoms with Gasteiger partial charge in [-0.15, -0.1) is 0 Å². The second-order valence-corrected chi connectivity index (χ2v) is 3.57. The van der Waals surface area contributed by atoms with E-state index in [1.807, 2.05) is 25.2 Å². The largest absolute Gasteiger partial charge is 0.458 e. The predicted octanol–water partition coefficient (Wildman–Crippen LogP) is 3.80. The van der Waals surface area contributed by atoms with Crippen molar-refractivity contribution in [2.24, 2.45) is 0 Å². The lowest BCUT2D eigenvalue weighted by Gasteiger charge is -1.99. The third-order valence-electron chi connectivity index (χ3n) is 2.17. The average Bonchev–Trinajstić information content (AvgIpc) is 2.31. The van der Waals surface area contributed by atoms with Crippen molar-refractivity contribution in [1.82, 2.24) is 0 Å². The molecule has 0 radical (unpaired) electrons. The van der Waals surface area contributed by atoms with Crippen LogP contribution in [0, 0.1) is 0 Å². The van der Waals surface area contributed by atoms with Gasteiger partial charge in [-0.05, 0) is 26.3 Å². The summed E-state index contributed by atoms with van der Waals surface area (Å²) in [6, 6.07) is 0. The van der Waals surface area contributed by atoms with Crippen molar-refractivity contribution in [1.29, 1.82) is 0 Å². The summed E-state index contributed by atoms with van der Waals surface area (Å²) in [5, 5.41) is 0. The van der Waals surface area contributed by atoms with Gasteiger partial charge in [0.2, 0.25) is 0 Å². The van der Waals surface area contributed by atoms with Crippen LogP contribution in [0.25, 0.3) is 0 Å². The van der Waals surface area contributed by atoms with E-state index in [1.54, 1.807) is 13.0 Å². The highest BCUT2D eigenvalue weighted by atomic mass is 16.5. The maximum atomic E-state index is 11.2. The Morgan fingerprint density at radius 1 is 1.25 bits per heavy atom. The fraction of sp³-hybridized carbons (Fsp3) is 0.500. The maximum absolute atomic E-state index is 11.2. The molecular formula is C14H22O2. The van der Waals surface area contributed by atoms with Gasteiger partial charge in [0.05, 0.1) is 0 Å². The Labute approximate surface area is 98.7 Å². The number of hydrogen-bond donors (Lipinski definition) is 0. The van der Waals surface area contributed by atoms with Crippen molar-refractivity contribution < 1.29 is 9.53 Å². The molecule has 0 unspecified atom stereocenters. The van der Waals surface area contributed by atoms with Crippen LogP contribution in [0.2, 0.25) is 0 Å². The van der Waals surface area contributed by atoms with Crippen LogP contribution in [-0.2, 0) is 9.53 Å². The fourth-order valence-corrected chi connectivity index (χ4v) is 0.986. The normalized spacial score (nSPS) is 12.6. The highest BCUT2D eigenvalue weighted by Gasteiger charge is 2.01. The van der Waals surface area contributed by atoms with Gasteiger partial charge in [-0.25, -0.2) is 4.79 Å². The van der Waals surface area contributed by atoms with Crippen LogP contribution < -0.4 is 0 Å². The van der Waals surface area contributed by atoms with Gasteiger partial charge in [0.25, 0.3) is 0 Å². The highest BCUT2D eigenvalue weighted by Crippen LogP contribution is 1.97. The van der Waals surface area contributed by atoms with Crippen LogP contribution in [0.4, 0.5) is 0 Å². The van der Waals surface area contributed by atoms with Crippen LogP contribution in [0.1, 0.15) is 40.0 Å². The first kappa shape index (κ1) is 14.7. The lowest BCUT2D eigenvalue weighted by molar-refractivity contribution is -0.137. The maximum Gasteiger partial charge on any atom is 0.333 e. The Hall–Kier alpha value is -1.31. The molecule has 0 aliphatic carbocycles. The minimum absolute atomic E-state index is 0.248. The zero-order valence-electron chi connectivity index (χ0n) is 10.5. The lowest BCUT2D eigenvalue weighted by Crippen LogP contribution is -2.05. The lowest BCUT2D eigenvalue weighted by atomic mass is 10.2. The summed E-state index contributed by atoms with van der Waals surface area (Å²) in [5.74, 6) is -0.248. The van der Waals surface area contributed by atoms with Crippen LogP contribution in [0.15, 0.2) is 36.0 Å². The number of allylic oxidation sites excluding steroid dienone is 4. The quantitative estimate of drug-likeness (QED) is 0.283. The summed E-state index contributed by atoms with van der Waals surface area (Å²) in [4.78, 5) is 11.2. The molecular weight excluding hydrogens is 200 g/mol. The molecule has 0 aliphatic heterocycles. The number of esters is 1. The molecule has 0 bridgehead atoms. The van der Waals surface area contributed by atoms with Gasteiger partial charge in [0.15, 0.2) is 0 Å². The monoisotopic (exact) mass is 222 g/mol. The van der Waals surface area contributed by atoms with Gasteiger partial charge in [-0.3, -0.25) is 0 Å². The fourth-order valence-electron chi connectivity index (χ4n) is 0.986. The zero-order chi connectivity index (χ0) is 12.2. The summed E-state index contributed by atoms with van der Waals surface area (Å²) in [6.45, 7) is 6.08. The third-order valence-corrected chi connectivity index (χ3v) is 2.17. The molecule has 0 atom stereocenters. The van der Waals surface area contributed by atoms with Gasteiger partial charge in [0.1, 0.15) is 6.61 Å². The van der Waals surface area contributed by atoms with Crippen molar-refractivity contribution in [3.05, 3.63) is 36.0 Å². The van der Waals surface area contributed by atoms with E-state index in [9.17, 15) is 4.79 Å². The van der Waals surface area contributed by atoms with E-state index < -0.39 is 0 Å². The summed E-state index contributed by atoms with van der Waals surface area (Å²) < 4.78 is 4.99. The molecule has 0 amide bonds. The Balaban J connectivity index is 3.62. The van der Waals surface area contributed by atoms with Crippen molar-refractivity contribution in [2.45, 2.75) is 40.0 Å². The molecule has 0 aliphatic rings. The average molecular weight is 222 g/mol. The first-order valence-electron chi connectivity index (χ1n) is 5.84. The Bertz CT molecular complexity index is 272. The van der Waals surface area contributed by atoms with Crippen molar-refractivity contribution >= 4 is 5.97 Å². The highest BCUT2D eigenvalue weighted by molar-refractivity contribution is 5.87. The van der Waals surface area contributed by atoms with E-state index >= 15 is 0 Å². The number of hydrogen-bond acceptors (Lipinski definition) is 2. The standard InChI is InChI=1S/C14H22O2/c1-4-6-7-8-9-10-11-12-16-14(15)13(3)5-2/h5,8-11H,4,6-7,12H2,1-3H3/b9-8+,11-10+,13-5-. The van der Waals surface area contributed by atoms with Crippen molar-refractivity contribution in [3.63, 3.8) is 0 Å². The zero-order valence-corrected chi connectivity index (χ0v) is 10.5. The molecule has 16 heavy (non-hydrogen) atoms. The molecule has 0 saturated heterocycles. The molecule has 0 spiro atoms. The Morgan fingerprint density at radius 2 is 1.94 bits per heavy atom. The van der Waals surface area contributed by atoms with Gasteiger partial charge in [0, 0.05) is 5.57 Å². The van der Waals surface area contributed by atoms with Gasteiger partial charge in [-0.2, -0.15) is 0 Å². The second kappa shape index (κ2) is 10.2. The molecule has 0 aromatic carbocycles. The first-order valence-corrected chi connectivity index (χ1v) is 5.84. The van der Waals surface area contributed by atoms with Gasteiger partial charge >= 0.3 is 5.97 Å². The topological polar surface area (TPSA) is 26.3 Å². The van der Waals surface area contributed by atoms with E-state index in [-0.39, 0.29) is 5.97 Å². The second-order valence-electron chi connectivity index (χ2n) is 3.57. The van der Waals surface area contributed by atoms with Crippen molar-refractivity contribution in [3.8, 4) is 0 Å². The van der Waals surface area contributed by atoms with Crippen molar-refractivity contribution in [2.75, 3.05) is 6.61 Å². The number of carbonyl (C=O) groups is 1. The molecule has 0 aromatic heterocycles. The smallest absolute Gasteiger partial charge is 0.333 e. The van der Waals surface area contributed by atoms with Gasteiger partial charge < -0.3 is 4.74 Å². The van der Waals surface area contributed by atoms with E-state index in [0.29, 0.717) is 12.2 Å². The summed E-state index contributed by atoms with van der Waals surface area (Å²) in [5.41, 5.74) is 0.645. The van der Waals surface area contributed by atoms with Gasteiger partial charge in [-0.1, -0.05) is 44.1 Å². The SMILES string of the molecule is C/C=C(/C)C(=O)OC/C=C/C=C/CCCC. The van der Waals surface area contributed by atoms with Crippen LogP contribution in [-0.4, -0.2) is 12.6 Å². The molecule has 90 valence electrons. The summed E-state index contributed by atoms with van der Waals surface area (Å²) in [7, 11) is 0. The molecule has 0 saturated carbocycles. The third kappa shape index (κ3) is 8.04. The molecule has 0 aromatic rings. The number of unbranched alkanes of at least 4 members (excludes halogenated alkanes) is 2. The number of carbonyl (C=O) groups excluding carboxylic acids is 1. The predicted molar refractivity (Wildman–Crippen MR) is 68.2 cm³/mol. The van der Waals surface area contributed by atoms with E-state index in [2.05, 4.69) is 13.0 Å². The minimum Gasteiger partial charge on any atom is -0.458 e.